The van der Waals surface area contributed by atoms with Crippen molar-refractivity contribution in [2.75, 3.05) is 11.4 Å². The lowest BCUT2D eigenvalue weighted by Gasteiger charge is -2.33. The average molecular weight is 312 g/mol. The lowest BCUT2D eigenvalue weighted by molar-refractivity contribution is 0.374. The van der Waals surface area contributed by atoms with Gasteiger partial charge in [0.15, 0.2) is 0 Å². The van der Waals surface area contributed by atoms with E-state index in [1.807, 2.05) is 23.6 Å². The van der Waals surface area contributed by atoms with E-state index in [1.54, 1.807) is 11.3 Å². The second-order valence-electron chi connectivity index (χ2n) is 5.46. The number of thiophene rings is 1. The van der Waals surface area contributed by atoms with Crippen LogP contribution in [0.4, 0.5) is 5.69 Å². The molecule has 4 rings (SSSR count). The first-order valence-corrected chi connectivity index (χ1v) is 8.12. The molecule has 0 bridgehead atoms. The molecule has 1 aromatic carbocycles. The molecule has 1 atom stereocenters. The molecule has 6 heteroatoms. The highest BCUT2D eigenvalue weighted by molar-refractivity contribution is 7.13. The number of para-hydroxylation sites is 1. The molecular formula is C16H16N4OS. The number of nitrogens with zero attached hydrogens (tertiary/aromatic N) is 3. The third-order valence-electron chi connectivity index (χ3n) is 3.81. The summed E-state index contributed by atoms with van der Waals surface area (Å²) in [6, 6.07) is 12.5. The number of hydrogen-bond acceptors (Lipinski definition) is 6. The fraction of sp³-hybridized carbons (Fsp3) is 0.250. The molecule has 1 aliphatic heterocycles. The van der Waals surface area contributed by atoms with Crippen molar-refractivity contribution in [2.24, 2.45) is 5.73 Å². The third-order valence-corrected chi connectivity index (χ3v) is 4.67. The summed E-state index contributed by atoms with van der Waals surface area (Å²) >= 11 is 1.61. The van der Waals surface area contributed by atoms with Crippen LogP contribution in [-0.4, -0.2) is 22.7 Å². The standard InChI is InChI=1S/C16H16N4OS/c17-12-8-11-4-1-2-5-13(11)20(9-12)10-15-18-16(19-21-15)14-6-3-7-22-14/h1-7,12H,8-10,17H2. The first kappa shape index (κ1) is 13.5. The van der Waals surface area contributed by atoms with Crippen molar-refractivity contribution >= 4 is 17.0 Å². The zero-order valence-corrected chi connectivity index (χ0v) is 12.8. The van der Waals surface area contributed by atoms with Gasteiger partial charge in [-0.15, -0.1) is 11.3 Å². The molecule has 1 unspecified atom stereocenters. The van der Waals surface area contributed by atoms with Crippen molar-refractivity contribution < 1.29 is 4.52 Å². The number of fused-ring (bicyclic) bond motifs is 1. The van der Waals surface area contributed by atoms with Gasteiger partial charge in [-0.1, -0.05) is 29.4 Å². The summed E-state index contributed by atoms with van der Waals surface area (Å²) in [4.78, 5) is 7.73. The predicted molar refractivity (Wildman–Crippen MR) is 86.8 cm³/mol. The Morgan fingerprint density at radius 1 is 1.27 bits per heavy atom. The van der Waals surface area contributed by atoms with Gasteiger partial charge in [0.1, 0.15) is 0 Å². The minimum Gasteiger partial charge on any atom is -0.360 e. The monoisotopic (exact) mass is 312 g/mol. The quantitative estimate of drug-likeness (QED) is 0.805. The topological polar surface area (TPSA) is 68.2 Å². The molecule has 3 heterocycles. The van der Waals surface area contributed by atoms with Gasteiger partial charge in [-0.05, 0) is 29.5 Å². The Morgan fingerprint density at radius 2 is 2.18 bits per heavy atom. The van der Waals surface area contributed by atoms with Crippen molar-refractivity contribution in [3.8, 4) is 10.7 Å². The Bertz CT molecular complexity index is 768. The van der Waals surface area contributed by atoms with Gasteiger partial charge in [0, 0.05) is 18.3 Å². The van der Waals surface area contributed by atoms with Gasteiger partial charge < -0.3 is 15.2 Å². The van der Waals surface area contributed by atoms with Crippen molar-refractivity contribution in [2.45, 2.75) is 19.0 Å². The Kier molecular flexibility index (Phi) is 3.40. The fourth-order valence-electron chi connectivity index (χ4n) is 2.86. The van der Waals surface area contributed by atoms with Crippen LogP contribution in [0.5, 0.6) is 0 Å². The van der Waals surface area contributed by atoms with Gasteiger partial charge >= 0.3 is 0 Å². The van der Waals surface area contributed by atoms with Crippen LogP contribution in [0.3, 0.4) is 0 Å². The van der Waals surface area contributed by atoms with E-state index in [1.165, 1.54) is 11.3 Å². The number of nitrogens with two attached hydrogens (primary N) is 1. The van der Waals surface area contributed by atoms with Crippen LogP contribution < -0.4 is 10.6 Å². The fourth-order valence-corrected chi connectivity index (χ4v) is 3.51. The average Bonchev–Trinajstić information content (AvgIpc) is 3.17. The summed E-state index contributed by atoms with van der Waals surface area (Å²) in [6.07, 6.45) is 0.914. The summed E-state index contributed by atoms with van der Waals surface area (Å²) in [5.41, 5.74) is 8.65. The highest BCUT2D eigenvalue weighted by atomic mass is 32.1. The molecule has 0 aliphatic carbocycles. The van der Waals surface area contributed by atoms with Crippen LogP contribution in [0.1, 0.15) is 11.5 Å². The smallest absolute Gasteiger partial charge is 0.246 e. The molecule has 5 nitrogen and oxygen atoms in total. The van der Waals surface area contributed by atoms with Crippen molar-refractivity contribution in [1.82, 2.24) is 10.1 Å². The highest BCUT2D eigenvalue weighted by Crippen LogP contribution is 2.28. The van der Waals surface area contributed by atoms with E-state index in [2.05, 4.69) is 33.2 Å². The van der Waals surface area contributed by atoms with Gasteiger partial charge in [0.2, 0.25) is 11.7 Å². The molecule has 112 valence electrons. The summed E-state index contributed by atoms with van der Waals surface area (Å²) in [7, 11) is 0. The van der Waals surface area contributed by atoms with Crippen LogP contribution in [0.25, 0.3) is 10.7 Å². The lowest BCUT2D eigenvalue weighted by Crippen LogP contribution is -2.42. The van der Waals surface area contributed by atoms with E-state index in [0.29, 0.717) is 18.3 Å². The molecule has 2 N–H and O–H groups in total. The Labute approximate surface area is 132 Å². The largest absolute Gasteiger partial charge is 0.360 e. The molecule has 2 aromatic heterocycles. The SMILES string of the molecule is NC1Cc2ccccc2N(Cc2nc(-c3cccs3)no2)C1. The third kappa shape index (κ3) is 2.51. The van der Waals surface area contributed by atoms with E-state index in [9.17, 15) is 0 Å². The maximum absolute atomic E-state index is 6.17. The summed E-state index contributed by atoms with van der Waals surface area (Å²) in [6.45, 7) is 1.39. The lowest BCUT2D eigenvalue weighted by atomic mass is 9.98. The van der Waals surface area contributed by atoms with E-state index in [0.717, 1.165) is 17.8 Å². The normalized spacial score (nSPS) is 17.5. The highest BCUT2D eigenvalue weighted by Gasteiger charge is 2.23. The Hall–Kier alpha value is -2.18. The van der Waals surface area contributed by atoms with Crippen LogP contribution in [0.2, 0.25) is 0 Å². The number of anilines is 1. The van der Waals surface area contributed by atoms with E-state index in [-0.39, 0.29) is 6.04 Å². The number of aromatic nitrogens is 2. The predicted octanol–water partition coefficient (Wildman–Crippen LogP) is 2.69. The maximum Gasteiger partial charge on any atom is 0.246 e. The zero-order valence-electron chi connectivity index (χ0n) is 12.0. The summed E-state index contributed by atoms with van der Waals surface area (Å²) < 4.78 is 5.40. The van der Waals surface area contributed by atoms with Crippen molar-refractivity contribution in [3.05, 3.63) is 53.2 Å². The van der Waals surface area contributed by atoms with Crippen molar-refractivity contribution in [3.63, 3.8) is 0 Å². The van der Waals surface area contributed by atoms with Gasteiger partial charge in [0.05, 0.1) is 11.4 Å². The van der Waals surface area contributed by atoms with Crippen LogP contribution in [-0.2, 0) is 13.0 Å². The van der Waals surface area contributed by atoms with E-state index >= 15 is 0 Å². The molecule has 0 amide bonds. The van der Waals surface area contributed by atoms with E-state index < -0.39 is 0 Å². The molecule has 0 saturated heterocycles. The number of rotatable bonds is 3. The summed E-state index contributed by atoms with van der Waals surface area (Å²) in [5, 5.41) is 6.07. The van der Waals surface area contributed by atoms with Crippen molar-refractivity contribution in [1.29, 1.82) is 0 Å². The zero-order chi connectivity index (χ0) is 14.9. The van der Waals surface area contributed by atoms with Crippen LogP contribution in [0, 0.1) is 0 Å². The van der Waals surface area contributed by atoms with Crippen LogP contribution in [0.15, 0.2) is 46.3 Å². The van der Waals surface area contributed by atoms with Gasteiger partial charge in [-0.25, -0.2) is 0 Å². The second kappa shape index (κ2) is 5.55. The molecule has 0 spiro atoms. The number of hydrogen-bond donors (Lipinski definition) is 1. The van der Waals surface area contributed by atoms with Gasteiger partial charge in [-0.3, -0.25) is 0 Å². The second-order valence-corrected chi connectivity index (χ2v) is 6.41. The molecule has 3 aromatic rings. The van der Waals surface area contributed by atoms with Gasteiger partial charge in [-0.2, -0.15) is 4.98 Å². The minimum atomic E-state index is 0.134. The number of benzene rings is 1. The molecule has 0 fully saturated rings. The van der Waals surface area contributed by atoms with Crippen LogP contribution >= 0.6 is 11.3 Å². The summed E-state index contributed by atoms with van der Waals surface area (Å²) in [5.74, 6) is 1.27. The molecule has 22 heavy (non-hydrogen) atoms. The minimum absolute atomic E-state index is 0.134. The molecular weight excluding hydrogens is 296 g/mol. The maximum atomic E-state index is 6.17. The van der Waals surface area contributed by atoms with E-state index in [4.69, 9.17) is 10.3 Å². The molecule has 1 aliphatic rings. The molecule has 0 saturated carbocycles. The Morgan fingerprint density at radius 3 is 3.05 bits per heavy atom. The van der Waals surface area contributed by atoms with Gasteiger partial charge in [0.25, 0.3) is 0 Å². The first-order valence-electron chi connectivity index (χ1n) is 7.24. The molecule has 0 radical (unpaired) electrons. The Balaban J connectivity index is 1.59. The first-order chi connectivity index (χ1) is 10.8.